The lowest BCUT2D eigenvalue weighted by atomic mass is 10.0. The summed E-state index contributed by atoms with van der Waals surface area (Å²) in [4.78, 5) is 43.1. The molecule has 0 spiro atoms. The molecule has 0 aliphatic carbocycles. The predicted octanol–water partition coefficient (Wildman–Crippen LogP) is 6.88. The van der Waals surface area contributed by atoms with Crippen molar-refractivity contribution in [1.82, 2.24) is 15.3 Å². The first-order valence-corrected chi connectivity index (χ1v) is 14.4. The van der Waals surface area contributed by atoms with E-state index in [9.17, 15) is 31.9 Å². The second kappa shape index (κ2) is 16.1. The fraction of sp³-hybridized carbons (Fsp3) is 0.139. The highest BCUT2D eigenvalue weighted by Crippen LogP contribution is 2.19. The van der Waals surface area contributed by atoms with Crippen molar-refractivity contribution < 1.29 is 41.8 Å². The highest BCUT2D eigenvalue weighted by Gasteiger charge is 2.18. The molecule has 3 aromatic carbocycles. The predicted molar refractivity (Wildman–Crippen MR) is 167 cm³/mol. The van der Waals surface area contributed by atoms with Crippen LogP contribution in [0.2, 0.25) is 0 Å². The number of carbonyl (C=O) groups is 3. The van der Waals surface area contributed by atoms with Crippen LogP contribution in [-0.4, -0.2) is 40.0 Å². The molecule has 5 rings (SSSR count). The highest BCUT2D eigenvalue weighted by molar-refractivity contribution is 5.95. The number of rotatable bonds is 9. The van der Waals surface area contributed by atoms with Crippen LogP contribution in [0.1, 0.15) is 72.1 Å². The van der Waals surface area contributed by atoms with E-state index < -0.39 is 35.5 Å². The zero-order valence-electron chi connectivity index (χ0n) is 25.7. The van der Waals surface area contributed by atoms with Crippen LogP contribution in [-0.2, 0) is 17.6 Å². The molecule has 2 N–H and O–H groups in total. The molecule has 246 valence electrons. The van der Waals surface area contributed by atoms with Gasteiger partial charge in [0.2, 0.25) is 0 Å². The maximum Gasteiger partial charge on any atom is 0.337 e. The number of benzene rings is 3. The van der Waals surface area contributed by atoms with E-state index in [1.807, 2.05) is 0 Å². The summed E-state index contributed by atoms with van der Waals surface area (Å²) >= 11 is 0. The largest absolute Gasteiger partial charge is 0.478 e. The molecule has 2 aromatic heterocycles. The SMILES string of the molecule is COC(=O)c1ccc([C@H](C)NC(=O)c2cc(F)cnc2Cc2ccc(F)cc2)cc1.O=C(O)c1cc(F)cnc1Cc1ccc(F)cc1. The van der Waals surface area contributed by atoms with E-state index in [0.29, 0.717) is 16.8 Å². The van der Waals surface area contributed by atoms with Crippen LogP contribution in [0.5, 0.6) is 0 Å². The number of nitrogens with one attached hydrogen (secondary N) is 1. The molecular formula is C36H29F4N3O5. The van der Waals surface area contributed by atoms with Crippen LogP contribution in [0, 0.1) is 23.3 Å². The number of ether oxygens (including phenoxy) is 1. The van der Waals surface area contributed by atoms with Gasteiger partial charge in [-0.15, -0.1) is 0 Å². The molecule has 0 radical (unpaired) electrons. The molecule has 0 unspecified atom stereocenters. The van der Waals surface area contributed by atoms with Gasteiger partial charge in [-0.2, -0.15) is 0 Å². The topological polar surface area (TPSA) is 118 Å². The van der Waals surface area contributed by atoms with Crippen LogP contribution in [0.25, 0.3) is 0 Å². The van der Waals surface area contributed by atoms with E-state index in [2.05, 4.69) is 20.0 Å². The van der Waals surface area contributed by atoms with Crippen molar-refractivity contribution >= 4 is 17.8 Å². The van der Waals surface area contributed by atoms with E-state index in [4.69, 9.17) is 5.11 Å². The average Bonchev–Trinajstić information content (AvgIpc) is 3.08. The number of carbonyl (C=O) groups excluding carboxylic acids is 2. The number of esters is 1. The summed E-state index contributed by atoms with van der Waals surface area (Å²) in [5, 5.41) is 11.8. The second-order valence-electron chi connectivity index (χ2n) is 10.5. The number of amides is 1. The molecule has 8 nitrogen and oxygen atoms in total. The Hall–Kier alpha value is -5.91. The van der Waals surface area contributed by atoms with Crippen molar-refractivity contribution in [3.8, 4) is 0 Å². The summed E-state index contributed by atoms with van der Waals surface area (Å²) in [6, 6.07) is 19.7. The summed E-state index contributed by atoms with van der Waals surface area (Å²) in [5.74, 6) is -4.23. The van der Waals surface area contributed by atoms with Gasteiger partial charge in [-0.3, -0.25) is 14.8 Å². The Labute approximate surface area is 273 Å². The molecule has 0 bridgehead atoms. The first-order chi connectivity index (χ1) is 22.9. The fourth-order valence-corrected chi connectivity index (χ4v) is 4.57. The number of methoxy groups -OCH3 is 1. The van der Waals surface area contributed by atoms with Crippen LogP contribution in [0.15, 0.2) is 97.3 Å². The Morgan fingerprint density at radius 1 is 0.708 bits per heavy atom. The van der Waals surface area contributed by atoms with Crippen molar-refractivity contribution in [3.63, 3.8) is 0 Å². The number of hydrogen-bond donors (Lipinski definition) is 2. The molecule has 0 saturated heterocycles. The zero-order chi connectivity index (χ0) is 34.8. The van der Waals surface area contributed by atoms with Crippen molar-refractivity contribution in [2.45, 2.75) is 25.8 Å². The summed E-state index contributed by atoms with van der Waals surface area (Å²) in [5.41, 5.74) is 3.17. The number of carboxylic acids is 1. The number of nitrogens with zero attached hydrogens (tertiary/aromatic N) is 2. The number of aromatic nitrogens is 2. The molecule has 0 fully saturated rings. The van der Waals surface area contributed by atoms with Gasteiger partial charge in [0, 0.05) is 12.8 Å². The minimum absolute atomic E-state index is 0.109. The van der Waals surface area contributed by atoms with Gasteiger partial charge < -0.3 is 15.2 Å². The molecule has 1 amide bonds. The first kappa shape index (κ1) is 35.0. The standard InChI is InChI=1S/C23H20F2N2O3.C13H9F2NO2/c1-14(16-5-7-17(8-6-16)23(29)30-2)27-22(28)20-12-19(25)13-26-21(20)11-15-3-9-18(24)10-4-15;14-9-3-1-8(2-4-9)5-12-11(13(17)18)6-10(15)7-16-12/h3-10,12-14H,11H2,1-2H3,(H,27,28);1-4,6-7H,5H2,(H,17,18)/t14-;/m0./s1. The smallest absolute Gasteiger partial charge is 0.337 e. The highest BCUT2D eigenvalue weighted by atomic mass is 19.1. The van der Waals surface area contributed by atoms with E-state index in [-0.39, 0.29) is 41.3 Å². The lowest BCUT2D eigenvalue weighted by Gasteiger charge is -2.16. The lowest BCUT2D eigenvalue weighted by Crippen LogP contribution is -2.28. The summed E-state index contributed by atoms with van der Waals surface area (Å²) < 4.78 is 57.2. The van der Waals surface area contributed by atoms with Crippen LogP contribution in [0.4, 0.5) is 17.6 Å². The van der Waals surface area contributed by atoms with Gasteiger partial charge >= 0.3 is 11.9 Å². The number of pyridine rings is 2. The summed E-state index contributed by atoms with van der Waals surface area (Å²) in [6.45, 7) is 1.78. The number of carboxylic acid groups (broad SMARTS) is 1. The third-order valence-electron chi connectivity index (χ3n) is 7.10. The molecule has 0 aliphatic heterocycles. The number of aromatic carboxylic acids is 1. The van der Waals surface area contributed by atoms with Crippen LogP contribution < -0.4 is 5.32 Å². The minimum atomic E-state index is -1.24. The molecule has 2 heterocycles. The third kappa shape index (κ3) is 9.55. The lowest BCUT2D eigenvalue weighted by molar-refractivity contribution is 0.0599. The Morgan fingerprint density at radius 3 is 1.62 bits per heavy atom. The average molecular weight is 660 g/mol. The number of halogens is 4. The van der Waals surface area contributed by atoms with Gasteiger partial charge in [-0.05, 0) is 72.1 Å². The van der Waals surface area contributed by atoms with E-state index in [0.717, 1.165) is 35.7 Å². The van der Waals surface area contributed by atoms with Gasteiger partial charge in [-0.25, -0.2) is 27.2 Å². The third-order valence-corrected chi connectivity index (χ3v) is 7.10. The van der Waals surface area contributed by atoms with E-state index in [1.165, 1.54) is 43.5 Å². The molecule has 12 heteroatoms. The molecule has 0 aliphatic rings. The Kier molecular flexibility index (Phi) is 11.7. The minimum Gasteiger partial charge on any atom is -0.478 e. The van der Waals surface area contributed by atoms with E-state index >= 15 is 0 Å². The first-order valence-electron chi connectivity index (χ1n) is 14.4. The number of hydrogen-bond acceptors (Lipinski definition) is 6. The van der Waals surface area contributed by atoms with Gasteiger partial charge in [-0.1, -0.05) is 36.4 Å². The molecule has 48 heavy (non-hydrogen) atoms. The molecule has 0 saturated carbocycles. The van der Waals surface area contributed by atoms with Crippen molar-refractivity contribution in [2.75, 3.05) is 7.11 Å². The van der Waals surface area contributed by atoms with Crippen molar-refractivity contribution in [3.05, 3.63) is 165 Å². The quantitative estimate of drug-likeness (QED) is 0.131. The fourth-order valence-electron chi connectivity index (χ4n) is 4.57. The van der Waals surface area contributed by atoms with Crippen LogP contribution in [0.3, 0.4) is 0 Å². The van der Waals surface area contributed by atoms with Crippen LogP contribution >= 0.6 is 0 Å². The van der Waals surface area contributed by atoms with Gasteiger partial charge in [0.1, 0.15) is 23.3 Å². The Balaban J connectivity index is 0.000000246. The van der Waals surface area contributed by atoms with Gasteiger partial charge in [0.15, 0.2) is 0 Å². The molecule has 5 aromatic rings. The van der Waals surface area contributed by atoms with Crippen molar-refractivity contribution in [2.24, 2.45) is 0 Å². The normalized spacial score (nSPS) is 11.1. The molecular weight excluding hydrogens is 630 g/mol. The zero-order valence-corrected chi connectivity index (χ0v) is 25.7. The Morgan fingerprint density at radius 2 is 1.17 bits per heavy atom. The Bertz CT molecular complexity index is 1900. The van der Waals surface area contributed by atoms with E-state index in [1.54, 1.807) is 43.3 Å². The summed E-state index contributed by atoms with van der Waals surface area (Å²) in [6.07, 6.45) is 2.48. The second-order valence-corrected chi connectivity index (χ2v) is 10.5. The van der Waals surface area contributed by atoms with Gasteiger partial charge in [0.25, 0.3) is 5.91 Å². The molecule has 1 atom stereocenters. The monoisotopic (exact) mass is 659 g/mol. The van der Waals surface area contributed by atoms with Gasteiger partial charge in [0.05, 0.1) is 53.6 Å². The summed E-state index contributed by atoms with van der Waals surface area (Å²) in [7, 11) is 1.30. The van der Waals surface area contributed by atoms with Crippen molar-refractivity contribution in [1.29, 1.82) is 0 Å². The maximum absolute atomic E-state index is 13.8. The maximum atomic E-state index is 13.8.